The number of rotatable bonds is 7. The van der Waals surface area contributed by atoms with Gasteiger partial charge in [-0.1, -0.05) is 188 Å². The van der Waals surface area contributed by atoms with Crippen molar-refractivity contribution >= 4 is 60.2 Å². The standard InChI is InChI=1S/C58H39N/c1-2-16-40(17-3-1)49-24-8-9-25-50(49)41-32-34-46(35-33-41)59(47-22-14-20-42(36-47)57-38-44-18-4-6-26-51(44)53-28-10-12-30-55(53)57)48-23-15-21-43(37-48)58-39-45-19-5-7-27-52(45)54-29-11-13-31-56(54)58/h1-39H/i32D,33D,34D,35D. The van der Waals surface area contributed by atoms with Crippen LogP contribution in [0.5, 0.6) is 0 Å². The minimum absolute atomic E-state index is 0.104. The van der Waals surface area contributed by atoms with Crippen LogP contribution in [0.2, 0.25) is 0 Å². The van der Waals surface area contributed by atoms with Gasteiger partial charge in [-0.2, -0.15) is 0 Å². The summed E-state index contributed by atoms with van der Waals surface area (Å²) in [6.07, 6.45) is 0. The molecule has 0 fully saturated rings. The van der Waals surface area contributed by atoms with Gasteiger partial charge >= 0.3 is 0 Å². The Balaban J connectivity index is 1.15. The molecule has 0 bridgehead atoms. The zero-order valence-corrected chi connectivity index (χ0v) is 32.2. The second-order valence-corrected chi connectivity index (χ2v) is 15.0. The highest BCUT2D eigenvalue weighted by atomic mass is 15.1. The molecule has 0 atom stereocenters. The molecule has 0 aliphatic heterocycles. The number of hydrogen-bond donors (Lipinski definition) is 0. The van der Waals surface area contributed by atoms with Crippen LogP contribution in [-0.2, 0) is 0 Å². The molecule has 59 heavy (non-hydrogen) atoms. The van der Waals surface area contributed by atoms with Crippen molar-refractivity contribution < 1.29 is 5.48 Å². The summed E-state index contributed by atoms with van der Waals surface area (Å²) >= 11 is 0. The topological polar surface area (TPSA) is 3.24 Å². The van der Waals surface area contributed by atoms with Crippen molar-refractivity contribution in [3.63, 3.8) is 0 Å². The lowest BCUT2D eigenvalue weighted by atomic mass is 9.92. The molecule has 0 aliphatic carbocycles. The van der Waals surface area contributed by atoms with Crippen molar-refractivity contribution in [1.29, 1.82) is 0 Å². The third-order valence-electron chi connectivity index (χ3n) is 11.5. The summed E-state index contributed by atoms with van der Waals surface area (Å²) < 4.78 is 39.0. The molecular weight excluding hydrogens is 711 g/mol. The fourth-order valence-electron chi connectivity index (χ4n) is 8.74. The van der Waals surface area contributed by atoms with E-state index >= 15 is 0 Å². The minimum Gasteiger partial charge on any atom is -0.310 e. The maximum Gasteiger partial charge on any atom is 0.0645 e. The Morgan fingerprint density at radius 1 is 0.254 bits per heavy atom. The summed E-state index contributed by atoms with van der Waals surface area (Å²) in [5.41, 5.74) is 8.36. The van der Waals surface area contributed by atoms with Gasteiger partial charge in [0.1, 0.15) is 0 Å². The highest BCUT2D eigenvalue weighted by molar-refractivity contribution is 6.15. The van der Waals surface area contributed by atoms with Crippen LogP contribution in [0, 0.1) is 0 Å². The second-order valence-electron chi connectivity index (χ2n) is 15.0. The first kappa shape index (κ1) is 30.4. The predicted molar refractivity (Wildman–Crippen MR) is 253 cm³/mol. The molecule has 276 valence electrons. The van der Waals surface area contributed by atoms with Gasteiger partial charge in [0, 0.05) is 17.1 Å². The fourth-order valence-corrected chi connectivity index (χ4v) is 8.74. The predicted octanol–water partition coefficient (Wildman–Crippen LogP) is 16.4. The molecule has 0 N–H and O–H groups in total. The van der Waals surface area contributed by atoms with E-state index in [0.717, 1.165) is 65.7 Å². The maximum atomic E-state index is 9.83. The summed E-state index contributed by atoms with van der Waals surface area (Å²) in [6.45, 7) is 0. The van der Waals surface area contributed by atoms with Gasteiger partial charge in [0.25, 0.3) is 0 Å². The molecule has 1 nitrogen and oxygen atoms in total. The lowest BCUT2D eigenvalue weighted by Gasteiger charge is -2.27. The van der Waals surface area contributed by atoms with E-state index in [4.69, 9.17) is 0 Å². The van der Waals surface area contributed by atoms with Gasteiger partial charge in [-0.3, -0.25) is 0 Å². The van der Waals surface area contributed by atoms with Crippen LogP contribution in [0.1, 0.15) is 5.48 Å². The summed E-state index contributed by atoms with van der Waals surface area (Å²) in [4.78, 5) is 1.91. The molecule has 11 aromatic rings. The van der Waals surface area contributed by atoms with Crippen LogP contribution in [0.25, 0.3) is 87.6 Å². The highest BCUT2D eigenvalue weighted by Gasteiger charge is 2.18. The molecule has 0 heterocycles. The smallest absolute Gasteiger partial charge is 0.0645 e. The van der Waals surface area contributed by atoms with E-state index in [1.165, 1.54) is 10.8 Å². The normalized spacial score (nSPS) is 12.3. The first-order chi connectivity index (χ1) is 30.9. The van der Waals surface area contributed by atoms with E-state index in [1.54, 1.807) is 0 Å². The van der Waals surface area contributed by atoms with Crippen LogP contribution < -0.4 is 4.90 Å². The molecule has 11 rings (SSSR count). The van der Waals surface area contributed by atoms with Crippen LogP contribution in [0.4, 0.5) is 17.1 Å². The van der Waals surface area contributed by atoms with Crippen molar-refractivity contribution in [2.75, 3.05) is 4.90 Å². The Morgan fingerprint density at radius 3 is 1.19 bits per heavy atom. The molecule has 0 radical (unpaired) electrons. The van der Waals surface area contributed by atoms with Crippen LogP contribution in [0.15, 0.2) is 236 Å². The van der Waals surface area contributed by atoms with E-state index in [9.17, 15) is 5.48 Å². The SMILES string of the molecule is [2H]c1c([2H])c(N(c2cccc(-c3cc4ccccc4c4ccccc34)c2)c2cccc(-c3cc4ccccc4c4ccccc34)c2)c([2H])c([2H])c1-c1ccccc1-c1ccccc1. The van der Waals surface area contributed by atoms with E-state index in [1.807, 2.05) is 83.8 Å². The molecule has 11 aromatic carbocycles. The van der Waals surface area contributed by atoms with Crippen molar-refractivity contribution in [2.45, 2.75) is 0 Å². The van der Waals surface area contributed by atoms with Gasteiger partial charge in [-0.15, -0.1) is 0 Å². The monoisotopic (exact) mass is 753 g/mol. The number of benzene rings is 11. The molecule has 0 unspecified atom stereocenters. The molecular formula is C58H39N. The Bertz CT molecular complexity index is 3390. The van der Waals surface area contributed by atoms with E-state index in [0.29, 0.717) is 16.9 Å². The third kappa shape index (κ3) is 6.21. The second kappa shape index (κ2) is 14.6. The number of hydrogen-bond acceptors (Lipinski definition) is 1. The first-order valence-corrected chi connectivity index (χ1v) is 20.0. The molecule has 0 saturated heterocycles. The number of anilines is 3. The molecule has 0 aromatic heterocycles. The van der Waals surface area contributed by atoms with Gasteiger partial charge in [-0.25, -0.2) is 0 Å². The van der Waals surface area contributed by atoms with Crippen molar-refractivity contribution in [1.82, 2.24) is 0 Å². The van der Waals surface area contributed by atoms with E-state index in [-0.39, 0.29) is 35.4 Å². The van der Waals surface area contributed by atoms with Gasteiger partial charge in [0.2, 0.25) is 0 Å². The first-order valence-electron chi connectivity index (χ1n) is 22.0. The van der Waals surface area contributed by atoms with Gasteiger partial charge in [0.15, 0.2) is 0 Å². The summed E-state index contributed by atoms with van der Waals surface area (Å²) in [7, 11) is 0. The largest absolute Gasteiger partial charge is 0.310 e. The Labute approximate surface area is 350 Å². The fraction of sp³-hybridized carbons (Fsp3) is 0. The zero-order chi connectivity index (χ0) is 42.6. The lowest BCUT2D eigenvalue weighted by molar-refractivity contribution is 1.28. The number of fused-ring (bicyclic) bond motifs is 6. The van der Waals surface area contributed by atoms with E-state index in [2.05, 4.69) is 133 Å². The lowest BCUT2D eigenvalue weighted by Crippen LogP contribution is -2.10. The molecule has 0 spiro atoms. The highest BCUT2D eigenvalue weighted by Crippen LogP contribution is 2.43. The molecule has 0 saturated carbocycles. The van der Waals surface area contributed by atoms with Crippen molar-refractivity contribution in [2.24, 2.45) is 0 Å². The summed E-state index contributed by atoms with van der Waals surface area (Å²) in [5, 5.41) is 9.20. The Kier molecular flexibility index (Phi) is 7.55. The summed E-state index contributed by atoms with van der Waals surface area (Å²) in [5.74, 6) is 0. The quantitative estimate of drug-likeness (QED) is 0.147. The van der Waals surface area contributed by atoms with Crippen molar-refractivity contribution in [3.05, 3.63) is 236 Å². The molecule has 0 aliphatic rings. The Morgan fingerprint density at radius 2 is 0.661 bits per heavy atom. The molecule has 0 amide bonds. The average molecular weight is 754 g/mol. The van der Waals surface area contributed by atoms with Gasteiger partial charge < -0.3 is 4.90 Å². The third-order valence-corrected chi connectivity index (χ3v) is 11.5. The number of nitrogens with zero attached hydrogens (tertiary/aromatic N) is 1. The zero-order valence-electron chi connectivity index (χ0n) is 36.2. The minimum atomic E-state index is -0.128. The van der Waals surface area contributed by atoms with E-state index < -0.39 is 0 Å². The van der Waals surface area contributed by atoms with Crippen molar-refractivity contribution in [3.8, 4) is 44.5 Å². The average Bonchev–Trinajstić information content (AvgIpc) is 3.34. The maximum absolute atomic E-state index is 9.83. The van der Waals surface area contributed by atoms with Crippen LogP contribution in [-0.4, -0.2) is 0 Å². The Hall–Kier alpha value is -7.74. The van der Waals surface area contributed by atoms with Gasteiger partial charge in [-0.05, 0) is 136 Å². The summed E-state index contributed by atoms with van der Waals surface area (Å²) in [6, 6.07) is 71.9. The van der Waals surface area contributed by atoms with Crippen LogP contribution >= 0.6 is 0 Å². The molecule has 1 heteroatoms. The van der Waals surface area contributed by atoms with Crippen LogP contribution in [0.3, 0.4) is 0 Å². The van der Waals surface area contributed by atoms with Gasteiger partial charge in [0.05, 0.1) is 5.48 Å².